The van der Waals surface area contributed by atoms with Crippen molar-refractivity contribution in [2.24, 2.45) is 5.92 Å². The lowest BCUT2D eigenvalue weighted by atomic mass is 9.96. The van der Waals surface area contributed by atoms with Gasteiger partial charge in [0.2, 0.25) is 5.91 Å². The number of carbonyl (C=O) groups excluding carboxylic acids is 1. The summed E-state index contributed by atoms with van der Waals surface area (Å²) < 4.78 is 7.60. The van der Waals surface area contributed by atoms with E-state index in [0.29, 0.717) is 13.2 Å². The van der Waals surface area contributed by atoms with Crippen LogP contribution in [0.1, 0.15) is 30.6 Å². The van der Waals surface area contributed by atoms with Crippen LogP contribution in [0.3, 0.4) is 0 Å². The first-order valence-electron chi connectivity index (χ1n) is 7.58. The van der Waals surface area contributed by atoms with Gasteiger partial charge in [0.05, 0.1) is 18.2 Å². The second-order valence-electron chi connectivity index (χ2n) is 5.39. The highest BCUT2D eigenvalue weighted by molar-refractivity contribution is 5.79. The molecule has 1 aliphatic rings. The zero-order valence-electron chi connectivity index (χ0n) is 12.6. The van der Waals surface area contributed by atoms with Gasteiger partial charge in [-0.15, -0.1) is 0 Å². The predicted molar refractivity (Wildman–Crippen MR) is 80.8 cm³/mol. The summed E-state index contributed by atoms with van der Waals surface area (Å²) in [6.07, 6.45) is 7.76. The van der Waals surface area contributed by atoms with E-state index in [1.165, 1.54) is 0 Å². The van der Waals surface area contributed by atoms with Crippen LogP contribution in [0, 0.1) is 5.92 Å². The molecule has 3 heterocycles. The summed E-state index contributed by atoms with van der Waals surface area (Å²) in [5, 5.41) is 7.24. The summed E-state index contributed by atoms with van der Waals surface area (Å²) >= 11 is 0. The molecule has 116 valence electrons. The average Bonchev–Trinajstić information content (AvgIpc) is 3.21. The number of amides is 1. The van der Waals surface area contributed by atoms with Crippen LogP contribution in [-0.4, -0.2) is 27.3 Å². The van der Waals surface area contributed by atoms with Gasteiger partial charge < -0.3 is 10.1 Å². The van der Waals surface area contributed by atoms with Gasteiger partial charge in [0.25, 0.3) is 0 Å². The Labute approximate surface area is 129 Å². The minimum Gasteiger partial charge on any atom is -0.373 e. The first kappa shape index (κ1) is 14.7. The number of hydrogen-bond acceptors (Lipinski definition) is 4. The maximum absolute atomic E-state index is 12.4. The van der Waals surface area contributed by atoms with E-state index in [9.17, 15) is 4.79 Å². The van der Waals surface area contributed by atoms with Gasteiger partial charge in [-0.1, -0.05) is 6.07 Å². The van der Waals surface area contributed by atoms with Gasteiger partial charge in [-0.2, -0.15) is 5.10 Å². The van der Waals surface area contributed by atoms with E-state index in [-0.39, 0.29) is 17.9 Å². The fraction of sp³-hybridized carbons (Fsp3) is 0.438. The molecule has 0 aliphatic carbocycles. The van der Waals surface area contributed by atoms with Crippen LogP contribution in [0.4, 0.5) is 0 Å². The van der Waals surface area contributed by atoms with Crippen molar-refractivity contribution in [3.05, 3.63) is 48.0 Å². The van der Waals surface area contributed by atoms with E-state index in [1.54, 1.807) is 18.6 Å². The number of ether oxygens (including phenoxy) is 1. The first-order valence-corrected chi connectivity index (χ1v) is 7.58. The van der Waals surface area contributed by atoms with Crippen LogP contribution in [-0.2, 0) is 22.6 Å². The maximum atomic E-state index is 12.4. The van der Waals surface area contributed by atoms with Crippen LogP contribution in [0.2, 0.25) is 0 Å². The molecule has 22 heavy (non-hydrogen) atoms. The quantitative estimate of drug-likeness (QED) is 0.912. The minimum atomic E-state index is -0.200. The van der Waals surface area contributed by atoms with E-state index in [0.717, 1.165) is 24.1 Å². The monoisotopic (exact) mass is 300 g/mol. The van der Waals surface area contributed by atoms with Crippen molar-refractivity contribution in [1.29, 1.82) is 0 Å². The van der Waals surface area contributed by atoms with Crippen molar-refractivity contribution in [3.63, 3.8) is 0 Å². The fourth-order valence-electron chi connectivity index (χ4n) is 2.71. The normalized spacial score (nSPS) is 21.0. The smallest absolute Gasteiger partial charge is 0.226 e. The van der Waals surface area contributed by atoms with Crippen molar-refractivity contribution < 1.29 is 9.53 Å². The summed E-state index contributed by atoms with van der Waals surface area (Å²) in [5.41, 5.74) is 1.96. The Morgan fingerprint density at radius 3 is 3.14 bits per heavy atom. The Morgan fingerprint density at radius 2 is 2.41 bits per heavy atom. The number of hydrogen-bond donors (Lipinski definition) is 1. The van der Waals surface area contributed by atoms with E-state index < -0.39 is 0 Å². The molecule has 1 fully saturated rings. The predicted octanol–water partition coefficient (Wildman–Crippen LogP) is 1.69. The third-order valence-electron chi connectivity index (χ3n) is 3.92. The number of pyridine rings is 1. The second kappa shape index (κ2) is 6.70. The van der Waals surface area contributed by atoms with Gasteiger partial charge in [-0.05, 0) is 25.0 Å². The molecule has 6 heteroatoms. The Kier molecular flexibility index (Phi) is 4.48. The number of aromatic nitrogens is 3. The molecule has 2 aromatic heterocycles. The van der Waals surface area contributed by atoms with Crippen molar-refractivity contribution in [3.8, 4) is 0 Å². The number of carbonyl (C=O) groups is 1. The Hall–Kier alpha value is -2.21. The maximum Gasteiger partial charge on any atom is 0.226 e. The fourth-order valence-corrected chi connectivity index (χ4v) is 2.71. The highest BCUT2D eigenvalue weighted by Gasteiger charge is 2.35. The van der Waals surface area contributed by atoms with Crippen LogP contribution in [0.25, 0.3) is 0 Å². The molecular weight excluding hydrogens is 280 g/mol. The number of aryl methyl sites for hydroxylation is 1. The summed E-state index contributed by atoms with van der Waals surface area (Å²) in [6, 6.07) is 3.81. The Balaban J connectivity index is 1.63. The largest absolute Gasteiger partial charge is 0.373 e. The number of nitrogens with zero attached hydrogens (tertiary/aromatic N) is 3. The van der Waals surface area contributed by atoms with Crippen LogP contribution in [0.5, 0.6) is 0 Å². The minimum absolute atomic E-state index is 0.0237. The standard InChI is InChI=1S/C16H20N4O2/c1-2-20-11-13(10-19-20)15-14(5-7-22-15)16(21)18-9-12-4-3-6-17-8-12/h3-4,6,8,10-11,14-15H,2,5,7,9H2,1H3,(H,18,21)/t14-,15+/m0/s1. The topological polar surface area (TPSA) is 69.0 Å². The SMILES string of the molecule is CCn1cc([C@H]2OCC[C@@H]2C(=O)NCc2cccnc2)cn1. The van der Waals surface area contributed by atoms with E-state index >= 15 is 0 Å². The van der Waals surface area contributed by atoms with Crippen LogP contribution >= 0.6 is 0 Å². The molecular formula is C16H20N4O2. The van der Waals surface area contributed by atoms with Crippen molar-refractivity contribution >= 4 is 5.91 Å². The average molecular weight is 300 g/mol. The Morgan fingerprint density at radius 1 is 1.50 bits per heavy atom. The third kappa shape index (κ3) is 3.17. The molecule has 2 atom stereocenters. The van der Waals surface area contributed by atoms with Crippen molar-refractivity contribution in [1.82, 2.24) is 20.1 Å². The van der Waals surface area contributed by atoms with Gasteiger partial charge in [0.1, 0.15) is 0 Å². The second-order valence-corrected chi connectivity index (χ2v) is 5.39. The lowest BCUT2D eigenvalue weighted by molar-refractivity contribution is -0.126. The molecule has 0 spiro atoms. The zero-order chi connectivity index (χ0) is 15.4. The van der Waals surface area contributed by atoms with Gasteiger partial charge >= 0.3 is 0 Å². The van der Waals surface area contributed by atoms with Gasteiger partial charge in [0, 0.05) is 43.9 Å². The van der Waals surface area contributed by atoms with E-state index in [1.807, 2.05) is 29.9 Å². The van der Waals surface area contributed by atoms with Gasteiger partial charge in [0.15, 0.2) is 0 Å². The molecule has 6 nitrogen and oxygen atoms in total. The van der Waals surface area contributed by atoms with Gasteiger partial charge in [-0.25, -0.2) is 0 Å². The lowest BCUT2D eigenvalue weighted by Gasteiger charge is -2.17. The molecule has 2 aromatic rings. The molecule has 1 aliphatic heterocycles. The molecule has 0 radical (unpaired) electrons. The van der Waals surface area contributed by atoms with Crippen LogP contribution < -0.4 is 5.32 Å². The molecule has 0 unspecified atom stereocenters. The summed E-state index contributed by atoms with van der Waals surface area (Å²) in [7, 11) is 0. The van der Waals surface area contributed by atoms with Crippen molar-refractivity contribution in [2.75, 3.05) is 6.61 Å². The zero-order valence-corrected chi connectivity index (χ0v) is 12.6. The van der Waals surface area contributed by atoms with Crippen LogP contribution in [0.15, 0.2) is 36.9 Å². The molecule has 0 aromatic carbocycles. The number of rotatable bonds is 5. The molecule has 1 amide bonds. The molecule has 0 saturated carbocycles. The van der Waals surface area contributed by atoms with E-state index in [4.69, 9.17) is 4.74 Å². The van der Waals surface area contributed by atoms with Crippen molar-refractivity contribution in [2.45, 2.75) is 32.5 Å². The Bertz CT molecular complexity index is 626. The summed E-state index contributed by atoms with van der Waals surface area (Å²) in [4.78, 5) is 16.5. The summed E-state index contributed by atoms with van der Waals surface area (Å²) in [6.45, 7) is 3.94. The third-order valence-corrected chi connectivity index (χ3v) is 3.92. The van der Waals surface area contributed by atoms with Gasteiger partial charge in [-0.3, -0.25) is 14.5 Å². The molecule has 1 N–H and O–H groups in total. The first-order chi connectivity index (χ1) is 10.8. The molecule has 1 saturated heterocycles. The van der Waals surface area contributed by atoms with E-state index in [2.05, 4.69) is 15.4 Å². The highest BCUT2D eigenvalue weighted by atomic mass is 16.5. The number of nitrogens with one attached hydrogen (secondary N) is 1. The summed E-state index contributed by atoms with van der Waals surface area (Å²) in [5.74, 6) is -0.137. The molecule has 0 bridgehead atoms. The lowest BCUT2D eigenvalue weighted by Crippen LogP contribution is -2.31. The molecule has 3 rings (SSSR count). The highest BCUT2D eigenvalue weighted by Crippen LogP contribution is 2.34.